The van der Waals surface area contributed by atoms with Crippen LogP contribution in [-0.2, 0) is 9.53 Å². The van der Waals surface area contributed by atoms with Crippen LogP contribution in [-0.4, -0.2) is 17.1 Å². The summed E-state index contributed by atoms with van der Waals surface area (Å²) >= 11 is 0. The van der Waals surface area contributed by atoms with Crippen molar-refractivity contribution in [3.63, 3.8) is 0 Å². The first-order chi connectivity index (χ1) is 8.79. The van der Waals surface area contributed by atoms with Gasteiger partial charge in [-0.1, -0.05) is 31.2 Å². The molecule has 0 radical (unpaired) electrons. The zero-order valence-electron chi connectivity index (χ0n) is 12.2. The first kappa shape index (κ1) is 15.7. The van der Waals surface area contributed by atoms with E-state index in [1.54, 1.807) is 13.0 Å². The smallest absolute Gasteiger partial charge is 0.327 e. The molecule has 3 heteroatoms. The molecule has 0 aromatic heterocycles. The fourth-order valence-electron chi connectivity index (χ4n) is 2.27. The lowest BCUT2D eigenvalue weighted by Gasteiger charge is -2.33. The van der Waals surface area contributed by atoms with Gasteiger partial charge in [-0.3, -0.25) is 4.79 Å². The molecule has 2 N–H and O–H groups in total. The number of esters is 1. The van der Waals surface area contributed by atoms with E-state index >= 15 is 0 Å². The molecule has 0 fully saturated rings. The molecule has 0 bridgehead atoms. The highest BCUT2D eigenvalue weighted by Gasteiger charge is 2.35. The van der Waals surface area contributed by atoms with Gasteiger partial charge in [0.1, 0.15) is 11.1 Å². The minimum atomic E-state index is -1.01. The zero-order valence-corrected chi connectivity index (χ0v) is 12.2. The molecule has 1 aliphatic carbocycles. The van der Waals surface area contributed by atoms with E-state index in [-0.39, 0.29) is 5.97 Å². The van der Waals surface area contributed by atoms with E-state index in [1.807, 2.05) is 19.1 Å². The minimum absolute atomic E-state index is 0.367. The van der Waals surface area contributed by atoms with Crippen LogP contribution in [0.25, 0.3) is 0 Å². The Balaban J connectivity index is 2.80. The molecule has 1 aliphatic rings. The van der Waals surface area contributed by atoms with Crippen molar-refractivity contribution in [1.29, 1.82) is 0 Å². The number of ether oxygens (including phenoxy) is 1. The van der Waals surface area contributed by atoms with E-state index in [0.29, 0.717) is 12.3 Å². The van der Waals surface area contributed by atoms with Crippen LogP contribution in [0, 0.1) is 5.92 Å². The van der Waals surface area contributed by atoms with Crippen LogP contribution < -0.4 is 5.73 Å². The summed E-state index contributed by atoms with van der Waals surface area (Å²) in [5, 5.41) is 0. The summed E-state index contributed by atoms with van der Waals surface area (Å²) in [4.78, 5) is 12.2. The molecule has 3 nitrogen and oxygen atoms in total. The molecule has 0 aliphatic heterocycles. The number of nitrogens with two attached hydrogens (primary N) is 1. The number of carbonyl (C=O) groups excluding carboxylic acids is 1. The lowest BCUT2D eigenvalue weighted by Crippen LogP contribution is -2.49. The molecule has 0 amide bonds. The Bertz CT molecular complexity index is 396. The second-order valence-electron chi connectivity index (χ2n) is 5.86. The van der Waals surface area contributed by atoms with Gasteiger partial charge in [0.2, 0.25) is 0 Å². The predicted octanol–water partition coefficient (Wildman–Crippen LogP) is 3.12. The maximum atomic E-state index is 12.2. The number of hydrogen-bond donors (Lipinski definition) is 1. The third kappa shape index (κ3) is 4.67. The van der Waals surface area contributed by atoms with Crippen molar-refractivity contribution in [2.45, 2.75) is 51.2 Å². The quantitative estimate of drug-likeness (QED) is 0.626. The molecule has 0 saturated carbocycles. The second-order valence-corrected chi connectivity index (χ2v) is 5.86. The number of rotatable bonds is 4. The van der Waals surface area contributed by atoms with E-state index in [2.05, 4.69) is 25.7 Å². The van der Waals surface area contributed by atoms with E-state index < -0.39 is 11.1 Å². The summed E-state index contributed by atoms with van der Waals surface area (Å²) in [7, 11) is 0. The fraction of sp³-hybridized carbons (Fsp3) is 0.562. The van der Waals surface area contributed by atoms with Gasteiger partial charge in [-0.2, -0.15) is 0 Å². The van der Waals surface area contributed by atoms with Gasteiger partial charge in [0.05, 0.1) is 0 Å². The largest absolute Gasteiger partial charge is 0.454 e. The lowest BCUT2D eigenvalue weighted by atomic mass is 9.89. The first-order valence-corrected chi connectivity index (χ1v) is 6.77. The van der Waals surface area contributed by atoms with Crippen LogP contribution in [0.4, 0.5) is 0 Å². The molecule has 3 atom stereocenters. The van der Waals surface area contributed by atoms with Crippen LogP contribution in [0.5, 0.6) is 0 Å². The van der Waals surface area contributed by atoms with Gasteiger partial charge in [-0.25, -0.2) is 0 Å². The van der Waals surface area contributed by atoms with Crippen LogP contribution in [0.2, 0.25) is 0 Å². The van der Waals surface area contributed by atoms with Crippen LogP contribution in [0.1, 0.15) is 40.0 Å². The highest BCUT2D eigenvalue weighted by atomic mass is 16.6. The molecule has 106 valence electrons. The normalized spacial score (nSPS) is 30.0. The summed E-state index contributed by atoms with van der Waals surface area (Å²) in [5.41, 5.74) is 4.36. The van der Waals surface area contributed by atoms with Crippen molar-refractivity contribution in [3.05, 3.63) is 37.0 Å². The summed E-state index contributed by atoms with van der Waals surface area (Å²) < 4.78 is 5.67. The number of carbonyl (C=O) groups is 1. The predicted molar refractivity (Wildman–Crippen MR) is 78.6 cm³/mol. The fourth-order valence-corrected chi connectivity index (χ4v) is 2.27. The summed E-state index contributed by atoms with van der Waals surface area (Å²) in [6, 6.07) is 0. The Morgan fingerprint density at radius 1 is 1.63 bits per heavy atom. The maximum absolute atomic E-state index is 12.2. The van der Waals surface area contributed by atoms with Crippen LogP contribution in [0.3, 0.4) is 0 Å². The Morgan fingerprint density at radius 3 is 2.95 bits per heavy atom. The second kappa shape index (κ2) is 6.20. The zero-order chi connectivity index (χ0) is 14.5. The topological polar surface area (TPSA) is 52.3 Å². The van der Waals surface area contributed by atoms with Crippen molar-refractivity contribution in [2.75, 3.05) is 0 Å². The molecule has 3 unspecified atom stereocenters. The van der Waals surface area contributed by atoms with Crippen molar-refractivity contribution in [3.8, 4) is 0 Å². The molecule has 0 heterocycles. The van der Waals surface area contributed by atoms with Gasteiger partial charge in [0, 0.05) is 0 Å². The van der Waals surface area contributed by atoms with Crippen molar-refractivity contribution >= 4 is 5.97 Å². The van der Waals surface area contributed by atoms with Gasteiger partial charge in [-0.15, -0.1) is 6.58 Å². The minimum Gasteiger partial charge on any atom is -0.454 e. The SMILES string of the molecule is C=CCC(C)(N)C(=O)OC1(C)C=CCC=CC(C)C1. The molecule has 0 saturated heterocycles. The van der Waals surface area contributed by atoms with Gasteiger partial charge in [0.15, 0.2) is 0 Å². The third-order valence-corrected chi connectivity index (χ3v) is 3.30. The number of allylic oxidation sites excluding steroid dienone is 3. The average molecular weight is 263 g/mol. The van der Waals surface area contributed by atoms with Crippen molar-refractivity contribution in [1.82, 2.24) is 0 Å². The Kier molecular flexibility index (Phi) is 5.12. The van der Waals surface area contributed by atoms with E-state index in [0.717, 1.165) is 12.8 Å². The molecular formula is C16H25NO2. The van der Waals surface area contributed by atoms with E-state index in [9.17, 15) is 4.79 Å². The van der Waals surface area contributed by atoms with Crippen LogP contribution >= 0.6 is 0 Å². The maximum Gasteiger partial charge on any atom is 0.327 e. The highest BCUT2D eigenvalue weighted by molar-refractivity contribution is 5.80. The number of hydrogen-bond acceptors (Lipinski definition) is 3. The standard InChI is InChI=1S/C16H25NO2/c1-5-10-16(4,17)14(18)19-15(3)11-8-6-7-9-13(2)12-15/h5,7-9,11,13H,1,6,10,12,17H2,2-4H3. The molecule has 19 heavy (non-hydrogen) atoms. The Morgan fingerprint density at radius 2 is 2.32 bits per heavy atom. The van der Waals surface area contributed by atoms with E-state index in [4.69, 9.17) is 10.5 Å². The van der Waals surface area contributed by atoms with Crippen molar-refractivity contribution in [2.24, 2.45) is 11.7 Å². The van der Waals surface area contributed by atoms with Gasteiger partial charge < -0.3 is 10.5 Å². The highest BCUT2D eigenvalue weighted by Crippen LogP contribution is 2.27. The monoisotopic (exact) mass is 263 g/mol. The van der Waals surface area contributed by atoms with Gasteiger partial charge in [-0.05, 0) is 45.1 Å². The van der Waals surface area contributed by atoms with Crippen LogP contribution in [0.15, 0.2) is 37.0 Å². The Labute approximate surface area is 116 Å². The lowest BCUT2D eigenvalue weighted by molar-refractivity contribution is -0.160. The Hall–Kier alpha value is -1.35. The molecule has 0 spiro atoms. The van der Waals surface area contributed by atoms with Gasteiger partial charge in [0.25, 0.3) is 0 Å². The summed E-state index contributed by atoms with van der Waals surface area (Å²) in [6.45, 7) is 9.35. The van der Waals surface area contributed by atoms with Gasteiger partial charge >= 0.3 is 5.97 Å². The third-order valence-electron chi connectivity index (χ3n) is 3.30. The van der Waals surface area contributed by atoms with Crippen molar-refractivity contribution < 1.29 is 9.53 Å². The average Bonchev–Trinajstić information content (AvgIpc) is 2.25. The molecule has 0 aromatic rings. The summed E-state index contributed by atoms with van der Waals surface area (Å²) in [6.07, 6.45) is 11.9. The van der Waals surface area contributed by atoms with E-state index in [1.165, 1.54) is 0 Å². The molecule has 0 aromatic carbocycles. The molecular weight excluding hydrogens is 238 g/mol. The summed E-state index contributed by atoms with van der Waals surface area (Å²) in [5.74, 6) is -0.0116. The molecule has 1 rings (SSSR count). The first-order valence-electron chi connectivity index (χ1n) is 6.77.